The third-order valence-electron chi connectivity index (χ3n) is 5.31. The molecular weight excluding hydrogens is 318 g/mol. The van der Waals surface area contributed by atoms with Crippen molar-refractivity contribution in [2.75, 3.05) is 20.3 Å². The molecule has 2 heterocycles. The molecule has 3 N–H and O–H groups in total. The number of hydrogen-bond donors (Lipinski definition) is 2. The van der Waals surface area contributed by atoms with E-state index in [9.17, 15) is 4.79 Å². The fourth-order valence-corrected chi connectivity index (χ4v) is 3.95. The Kier molecular flexibility index (Phi) is 6.45. The number of methoxy groups -OCH3 is 1. The number of aryl methyl sites for hydroxylation is 1. The molecule has 1 saturated carbocycles. The first-order valence-electron chi connectivity index (χ1n) is 9.49. The number of nitrogens with one attached hydrogen (secondary N) is 1. The van der Waals surface area contributed by atoms with E-state index in [1.54, 1.807) is 0 Å². The largest absolute Gasteiger partial charge is 0.383 e. The SMILES string of the molecule is COC[C@@H](N)C(=O)NCc1cc2n(n1)CCCN(C1CCCCC1)C2. The summed E-state index contributed by atoms with van der Waals surface area (Å²) in [5.41, 5.74) is 7.90. The molecule has 3 rings (SSSR count). The molecule has 0 unspecified atom stereocenters. The minimum Gasteiger partial charge on any atom is -0.383 e. The Balaban J connectivity index is 1.58. The summed E-state index contributed by atoms with van der Waals surface area (Å²) in [5.74, 6) is -0.200. The lowest BCUT2D eigenvalue weighted by molar-refractivity contribution is -0.123. The second-order valence-electron chi connectivity index (χ2n) is 7.25. The third kappa shape index (κ3) is 4.80. The maximum Gasteiger partial charge on any atom is 0.239 e. The van der Waals surface area contributed by atoms with Gasteiger partial charge in [0, 0.05) is 32.8 Å². The maximum atomic E-state index is 11.9. The molecule has 1 aromatic heterocycles. The quantitative estimate of drug-likeness (QED) is 0.801. The van der Waals surface area contributed by atoms with Crippen molar-refractivity contribution >= 4 is 5.91 Å². The van der Waals surface area contributed by atoms with Gasteiger partial charge in [-0.25, -0.2) is 0 Å². The molecule has 7 nitrogen and oxygen atoms in total. The van der Waals surface area contributed by atoms with Crippen molar-refractivity contribution in [3.63, 3.8) is 0 Å². The van der Waals surface area contributed by atoms with Gasteiger partial charge in [-0.2, -0.15) is 5.10 Å². The molecule has 1 atom stereocenters. The summed E-state index contributed by atoms with van der Waals surface area (Å²) >= 11 is 0. The van der Waals surface area contributed by atoms with Crippen LogP contribution in [0.25, 0.3) is 0 Å². The first-order chi connectivity index (χ1) is 12.2. The van der Waals surface area contributed by atoms with E-state index >= 15 is 0 Å². The van der Waals surface area contributed by atoms with Gasteiger partial charge in [0.1, 0.15) is 6.04 Å². The van der Waals surface area contributed by atoms with Gasteiger partial charge in [0.05, 0.1) is 24.5 Å². The van der Waals surface area contributed by atoms with Crippen molar-refractivity contribution in [3.8, 4) is 0 Å². The van der Waals surface area contributed by atoms with E-state index in [0.717, 1.165) is 37.8 Å². The van der Waals surface area contributed by atoms with Gasteiger partial charge in [-0.05, 0) is 25.3 Å². The van der Waals surface area contributed by atoms with Gasteiger partial charge in [-0.15, -0.1) is 0 Å². The van der Waals surface area contributed by atoms with Gasteiger partial charge in [-0.3, -0.25) is 14.4 Å². The van der Waals surface area contributed by atoms with Crippen LogP contribution in [-0.4, -0.2) is 52.9 Å². The lowest BCUT2D eigenvalue weighted by Crippen LogP contribution is -2.43. The van der Waals surface area contributed by atoms with Gasteiger partial charge >= 0.3 is 0 Å². The van der Waals surface area contributed by atoms with Crippen LogP contribution in [0.3, 0.4) is 0 Å². The zero-order chi connectivity index (χ0) is 17.6. The molecule has 7 heteroatoms. The van der Waals surface area contributed by atoms with Crippen molar-refractivity contribution in [3.05, 3.63) is 17.5 Å². The highest BCUT2D eigenvalue weighted by atomic mass is 16.5. The molecule has 1 aromatic rings. The molecule has 1 aliphatic carbocycles. The second kappa shape index (κ2) is 8.78. The number of nitrogens with two attached hydrogens (primary N) is 1. The number of carbonyl (C=O) groups is 1. The van der Waals surface area contributed by atoms with Crippen molar-refractivity contribution in [2.45, 2.75) is 70.2 Å². The lowest BCUT2D eigenvalue weighted by atomic mass is 9.94. The highest BCUT2D eigenvalue weighted by molar-refractivity contribution is 5.81. The number of hydrogen-bond acceptors (Lipinski definition) is 5. The van der Waals surface area contributed by atoms with Gasteiger partial charge in [0.25, 0.3) is 0 Å². The van der Waals surface area contributed by atoms with E-state index in [-0.39, 0.29) is 12.5 Å². The number of rotatable bonds is 6. The van der Waals surface area contributed by atoms with Crippen LogP contribution in [0.2, 0.25) is 0 Å². The Morgan fingerprint density at radius 1 is 1.36 bits per heavy atom. The number of amides is 1. The summed E-state index contributed by atoms with van der Waals surface area (Å²) in [6.07, 6.45) is 7.90. The third-order valence-corrected chi connectivity index (χ3v) is 5.31. The molecule has 1 fully saturated rings. The monoisotopic (exact) mass is 349 g/mol. The van der Waals surface area contributed by atoms with Crippen molar-refractivity contribution < 1.29 is 9.53 Å². The summed E-state index contributed by atoms with van der Waals surface area (Å²) in [4.78, 5) is 14.5. The highest BCUT2D eigenvalue weighted by Gasteiger charge is 2.24. The van der Waals surface area contributed by atoms with E-state index in [4.69, 9.17) is 10.5 Å². The van der Waals surface area contributed by atoms with Crippen LogP contribution >= 0.6 is 0 Å². The van der Waals surface area contributed by atoms with Crippen molar-refractivity contribution in [1.82, 2.24) is 20.0 Å². The van der Waals surface area contributed by atoms with Crippen LogP contribution in [0.4, 0.5) is 0 Å². The topological polar surface area (TPSA) is 85.4 Å². The Morgan fingerprint density at radius 2 is 2.16 bits per heavy atom. The first-order valence-corrected chi connectivity index (χ1v) is 9.49. The highest BCUT2D eigenvalue weighted by Crippen LogP contribution is 2.25. The van der Waals surface area contributed by atoms with Crippen LogP contribution in [0.15, 0.2) is 6.07 Å². The second-order valence-corrected chi connectivity index (χ2v) is 7.25. The summed E-state index contributed by atoms with van der Waals surface area (Å²) < 4.78 is 7.03. The van der Waals surface area contributed by atoms with Gasteiger partial charge in [0.2, 0.25) is 5.91 Å². The van der Waals surface area contributed by atoms with E-state index in [1.807, 2.05) is 0 Å². The summed E-state index contributed by atoms with van der Waals surface area (Å²) in [5, 5.41) is 7.52. The summed E-state index contributed by atoms with van der Waals surface area (Å²) in [7, 11) is 1.54. The Labute approximate surface area is 149 Å². The first kappa shape index (κ1) is 18.4. The average molecular weight is 349 g/mol. The fraction of sp³-hybridized carbons (Fsp3) is 0.778. The van der Waals surface area contributed by atoms with E-state index in [1.165, 1.54) is 44.9 Å². The predicted octanol–water partition coefficient (Wildman–Crippen LogP) is 1.01. The van der Waals surface area contributed by atoms with E-state index in [0.29, 0.717) is 6.54 Å². The van der Waals surface area contributed by atoms with Crippen LogP contribution in [0.5, 0.6) is 0 Å². The molecule has 1 aliphatic heterocycles. The number of fused-ring (bicyclic) bond motifs is 1. The minimum atomic E-state index is -0.632. The zero-order valence-electron chi connectivity index (χ0n) is 15.2. The molecule has 0 spiro atoms. The Hall–Kier alpha value is -1.44. The lowest BCUT2D eigenvalue weighted by Gasteiger charge is -2.33. The van der Waals surface area contributed by atoms with Crippen LogP contribution < -0.4 is 11.1 Å². The molecule has 0 bridgehead atoms. The van der Waals surface area contributed by atoms with E-state index < -0.39 is 6.04 Å². The van der Waals surface area contributed by atoms with Crippen molar-refractivity contribution in [1.29, 1.82) is 0 Å². The number of aromatic nitrogens is 2. The molecule has 0 radical (unpaired) electrons. The van der Waals surface area contributed by atoms with Crippen LogP contribution in [0.1, 0.15) is 49.9 Å². The van der Waals surface area contributed by atoms with E-state index in [2.05, 4.69) is 26.1 Å². The molecule has 0 saturated heterocycles. The van der Waals surface area contributed by atoms with Gasteiger partial charge in [0.15, 0.2) is 0 Å². The minimum absolute atomic E-state index is 0.200. The number of nitrogens with zero attached hydrogens (tertiary/aromatic N) is 3. The molecule has 25 heavy (non-hydrogen) atoms. The summed E-state index contributed by atoms with van der Waals surface area (Å²) in [6, 6.07) is 2.22. The molecule has 140 valence electrons. The Bertz CT molecular complexity index is 568. The predicted molar refractivity (Wildman–Crippen MR) is 95.8 cm³/mol. The molecule has 1 amide bonds. The zero-order valence-corrected chi connectivity index (χ0v) is 15.2. The molecule has 0 aromatic carbocycles. The Morgan fingerprint density at radius 3 is 2.92 bits per heavy atom. The fourth-order valence-electron chi connectivity index (χ4n) is 3.95. The number of ether oxygens (including phenoxy) is 1. The van der Waals surface area contributed by atoms with Gasteiger partial charge < -0.3 is 15.8 Å². The normalized spacial score (nSPS) is 20.7. The average Bonchev–Trinajstić information content (AvgIpc) is 2.90. The van der Waals surface area contributed by atoms with Crippen LogP contribution in [-0.2, 0) is 29.2 Å². The van der Waals surface area contributed by atoms with Gasteiger partial charge in [-0.1, -0.05) is 19.3 Å². The summed E-state index contributed by atoms with van der Waals surface area (Å²) in [6.45, 7) is 3.72. The number of carbonyl (C=O) groups excluding carboxylic acids is 1. The molecular formula is C18H31N5O2. The molecule has 2 aliphatic rings. The maximum absolute atomic E-state index is 11.9. The smallest absolute Gasteiger partial charge is 0.239 e. The van der Waals surface area contributed by atoms with Crippen molar-refractivity contribution in [2.24, 2.45) is 5.73 Å². The van der Waals surface area contributed by atoms with Crippen LogP contribution in [0, 0.1) is 0 Å². The standard InChI is InChI=1S/C18H31N5O2/c1-25-13-17(19)18(24)20-11-14-10-16-12-22(8-5-9-23(16)21-14)15-6-3-2-4-7-15/h10,15,17H,2-9,11-13,19H2,1H3,(H,20,24)/t17-/m1/s1.